The van der Waals surface area contributed by atoms with Crippen molar-refractivity contribution in [2.45, 2.75) is 13.8 Å². The number of nitrogens with one attached hydrogen (secondary N) is 1. The quantitative estimate of drug-likeness (QED) is 0.612. The summed E-state index contributed by atoms with van der Waals surface area (Å²) >= 11 is 5.89. The molecule has 0 bridgehead atoms. The van der Waals surface area contributed by atoms with Crippen molar-refractivity contribution in [2.75, 3.05) is 19.0 Å². The summed E-state index contributed by atoms with van der Waals surface area (Å²) in [5.41, 5.74) is 0.757. The van der Waals surface area contributed by atoms with Crippen LogP contribution in [0.2, 0.25) is 5.02 Å². The van der Waals surface area contributed by atoms with Crippen molar-refractivity contribution < 1.29 is 19.2 Å². The zero-order chi connectivity index (χ0) is 18.6. The maximum Gasteiger partial charge on any atom is 0.286 e. The van der Waals surface area contributed by atoms with E-state index in [0.29, 0.717) is 17.3 Å². The summed E-state index contributed by atoms with van der Waals surface area (Å²) in [5, 5.41) is 14.5. The van der Waals surface area contributed by atoms with Crippen LogP contribution in [0.3, 0.4) is 0 Å². The lowest BCUT2D eigenvalue weighted by Gasteiger charge is -2.13. The Morgan fingerprint density at radius 2 is 2.00 bits per heavy atom. The van der Waals surface area contributed by atoms with Gasteiger partial charge in [-0.05, 0) is 37.6 Å². The molecule has 132 valence electrons. The minimum Gasteiger partial charge on any atom is -0.493 e. The van der Waals surface area contributed by atoms with Gasteiger partial charge in [0, 0.05) is 16.8 Å². The van der Waals surface area contributed by atoms with Crippen LogP contribution in [-0.4, -0.2) is 24.5 Å². The van der Waals surface area contributed by atoms with E-state index in [4.69, 9.17) is 21.1 Å². The molecule has 0 saturated carbocycles. The van der Waals surface area contributed by atoms with Gasteiger partial charge in [-0.2, -0.15) is 0 Å². The average molecular weight is 365 g/mol. The van der Waals surface area contributed by atoms with Crippen molar-refractivity contribution in [1.82, 2.24) is 0 Å². The highest BCUT2D eigenvalue weighted by Gasteiger charge is 2.25. The number of rotatable bonds is 6. The zero-order valence-corrected chi connectivity index (χ0v) is 14.7. The van der Waals surface area contributed by atoms with Gasteiger partial charge in [-0.1, -0.05) is 11.6 Å². The van der Waals surface area contributed by atoms with Crippen LogP contribution >= 0.6 is 11.6 Å². The first kappa shape index (κ1) is 18.5. The number of methoxy groups -OCH3 is 1. The molecule has 2 aromatic rings. The first-order valence-electron chi connectivity index (χ1n) is 7.44. The number of ether oxygens (including phenoxy) is 2. The molecular weight excluding hydrogens is 348 g/mol. The molecule has 0 atom stereocenters. The number of benzene rings is 2. The lowest BCUT2D eigenvalue weighted by molar-refractivity contribution is -0.385. The molecule has 0 saturated heterocycles. The number of nitro groups is 1. The number of aryl methyl sites for hydroxylation is 1. The fourth-order valence-corrected chi connectivity index (χ4v) is 2.49. The Morgan fingerprint density at radius 1 is 1.28 bits per heavy atom. The molecule has 0 fully saturated rings. The van der Waals surface area contributed by atoms with E-state index < -0.39 is 10.8 Å². The highest BCUT2D eigenvalue weighted by atomic mass is 35.5. The van der Waals surface area contributed by atoms with E-state index in [9.17, 15) is 14.9 Å². The molecule has 0 aliphatic carbocycles. The molecule has 2 rings (SSSR count). The normalized spacial score (nSPS) is 10.2. The van der Waals surface area contributed by atoms with Crippen LogP contribution in [0.4, 0.5) is 11.4 Å². The third-order valence-electron chi connectivity index (χ3n) is 3.46. The van der Waals surface area contributed by atoms with E-state index in [1.54, 1.807) is 32.0 Å². The van der Waals surface area contributed by atoms with Crippen molar-refractivity contribution in [3.05, 3.63) is 56.6 Å². The van der Waals surface area contributed by atoms with Gasteiger partial charge in [0.15, 0.2) is 11.5 Å². The van der Waals surface area contributed by atoms with E-state index >= 15 is 0 Å². The van der Waals surface area contributed by atoms with E-state index in [0.717, 1.165) is 5.56 Å². The molecule has 2 aromatic carbocycles. The second-order valence-electron chi connectivity index (χ2n) is 5.12. The minimum absolute atomic E-state index is 0.122. The van der Waals surface area contributed by atoms with Gasteiger partial charge in [0.1, 0.15) is 5.56 Å². The van der Waals surface area contributed by atoms with Crippen molar-refractivity contribution >= 4 is 28.9 Å². The molecular formula is C17H17ClN2O5. The van der Waals surface area contributed by atoms with Gasteiger partial charge < -0.3 is 14.8 Å². The Bertz CT molecular complexity index is 823. The summed E-state index contributed by atoms with van der Waals surface area (Å²) in [7, 11) is 1.37. The number of hydrogen-bond donors (Lipinski definition) is 1. The van der Waals surface area contributed by atoms with Gasteiger partial charge in [-0.15, -0.1) is 0 Å². The van der Waals surface area contributed by atoms with Crippen LogP contribution in [-0.2, 0) is 0 Å². The molecule has 0 heterocycles. The largest absolute Gasteiger partial charge is 0.493 e. The molecule has 0 unspecified atom stereocenters. The van der Waals surface area contributed by atoms with Crippen LogP contribution < -0.4 is 14.8 Å². The lowest BCUT2D eigenvalue weighted by atomic mass is 10.1. The fraction of sp³-hybridized carbons (Fsp3) is 0.235. The summed E-state index contributed by atoms with van der Waals surface area (Å²) in [4.78, 5) is 23.3. The maximum absolute atomic E-state index is 12.6. The van der Waals surface area contributed by atoms with Crippen LogP contribution in [0.15, 0.2) is 30.3 Å². The molecule has 0 spiro atoms. The molecule has 0 aromatic heterocycles. The number of carbonyl (C=O) groups is 1. The molecule has 8 heteroatoms. The van der Waals surface area contributed by atoms with Crippen molar-refractivity contribution in [3.63, 3.8) is 0 Å². The number of anilines is 1. The number of halogens is 1. The Hall–Kier alpha value is -2.80. The van der Waals surface area contributed by atoms with Crippen LogP contribution in [0.1, 0.15) is 22.8 Å². The summed E-state index contributed by atoms with van der Waals surface area (Å²) in [5.74, 6) is -0.179. The SMILES string of the molecule is CCOc1cc(C(=O)Nc2ccc(Cl)cc2C)c([N+](=O)[O-])cc1OC. The fourth-order valence-electron chi connectivity index (χ4n) is 2.27. The standard InChI is InChI=1S/C17H17ClN2O5/c1-4-25-16-8-12(14(20(22)23)9-15(16)24-3)17(21)19-13-6-5-11(18)7-10(13)2/h5-9H,4H2,1-3H3,(H,19,21). The van der Waals surface area contributed by atoms with Gasteiger partial charge in [0.05, 0.1) is 24.7 Å². The Kier molecular flexibility index (Phi) is 5.82. The Labute approximate surface area is 149 Å². The van der Waals surface area contributed by atoms with Gasteiger partial charge in [0.25, 0.3) is 11.6 Å². The van der Waals surface area contributed by atoms with E-state index in [-0.39, 0.29) is 22.7 Å². The predicted octanol–water partition coefficient (Wildman–Crippen LogP) is 4.22. The van der Waals surface area contributed by atoms with Crippen LogP contribution in [0.25, 0.3) is 0 Å². The third-order valence-corrected chi connectivity index (χ3v) is 3.69. The van der Waals surface area contributed by atoms with Crippen molar-refractivity contribution in [1.29, 1.82) is 0 Å². The first-order chi connectivity index (χ1) is 11.9. The van der Waals surface area contributed by atoms with E-state index in [1.807, 2.05) is 0 Å². The van der Waals surface area contributed by atoms with Gasteiger partial charge in [-0.25, -0.2) is 0 Å². The first-order valence-corrected chi connectivity index (χ1v) is 7.81. The highest BCUT2D eigenvalue weighted by Crippen LogP contribution is 2.35. The number of nitrogens with zero attached hydrogens (tertiary/aromatic N) is 1. The Morgan fingerprint density at radius 3 is 2.56 bits per heavy atom. The van der Waals surface area contributed by atoms with Crippen molar-refractivity contribution in [2.24, 2.45) is 0 Å². The molecule has 7 nitrogen and oxygen atoms in total. The maximum atomic E-state index is 12.6. The summed E-state index contributed by atoms with van der Waals surface area (Å²) in [6.45, 7) is 3.86. The molecule has 1 amide bonds. The number of nitro benzene ring substituents is 1. The monoisotopic (exact) mass is 364 g/mol. The molecule has 25 heavy (non-hydrogen) atoms. The third kappa shape index (κ3) is 4.19. The van der Waals surface area contributed by atoms with Crippen LogP contribution in [0.5, 0.6) is 11.5 Å². The van der Waals surface area contributed by atoms with E-state index in [1.165, 1.54) is 19.2 Å². The Balaban J connectivity index is 2.46. The summed E-state index contributed by atoms with van der Waals surface area (Å²) in [6.07, 6.45) is 0. The van der Waals surface area contributed by atoms with Gasteiger partial charge >= 0.3 is 0 Å². The highest BCUT2D eigenvalue weighted by molar-refractivity contribution is 6.30. The van der Waals surface area contributed by atoms with Crippen LogP contribution in [0, 0.1) is 17.0 Å². The number of hydrogen-bond acceptors (Lipinski definition) is 5. The average Bonchev–Trinajstić information content (AvgIpc) is 2.57. The van der Waals surface area contributed by atoms with Crippen molar-refractivity contribution in [3.8, 4) is 11.5 Å². The summed E-state index contributed by atoms with van der Waals surface area (Å²) < 4.78 is 10.5. The summed E-state index contributed by atoms with van der Waals surface area (Å²) in [6, 6.07) is 7.42. The number of amides is 1. The smallest absolute Gasteiger partial charge is 0.286 e. The lowest BCUT2D eigenvalue weighted by Crippen LogP contribution is -2.15. The van der Waals surface area contributed by atoms with E-state index in [2.05, 4.69) is 5.32 Å². The van der Waals surface area contributed by atoms with Gasteiger partial charge in [0.2, 0.25) is 0 Å². The molecule has 0 aliphatic rings. The second kappa shape index (κ2) is 7.85. The zero-order valence-electron chi connectivity index (χ0n) is 14.0. The molecule has 1 N–H and O–H groups in total. The second-order valence-corrected chi connectivity index (χ2v) is 5.56. The van der Waals surface area contributed by atoms with Gasteiger partial charge in [-0.3, -0.25) is 14.9 Å². The molecule has 0 aliphatic heterocycles. The topological polar surface area (TPSA) is 90.7 Å². The number of carbonyl (C=O) groups excluding carboxylic acids is 1. The predicted molar refractivity (Wildman–Crippen MR) is 95.0 cm³/mol. The minimum atomic E-state index is -0.637. The molecule has 0 radical (unpaired) electrons.